The van der Waals surface area contributed by atoms with Gasteiger partial charge in [0.25, 0.3) is 5.91 Å². The van der Waals surface area contributed by atoms with Crippen LogP contribution >= 0.6 is 0 Å². The highest BCUT2D eigenvalue weighted by Crippen LogP contribution is 2.29. The van der Waals surface area contributed by atoms with Crippen molar-refractivity contribution in [1.82, 2.24) is 5.32 Å². The van der Waals surface area contributed by atoms with Crippen molar-refractivity contribution in [3.8, 4) is 11.5 Å². The number of aromatic hydroxyl groups is 1. The fraction of sp³-hybridized carbons (Fsp3) is 0.222. The third kappa shape index (κ3) is 4.25. The molecule has 0 spiro atoms. The summed E-state index contributed by atoms with van der Waals surface area (Å²) in [7, 11) is 1.38. The molecule has 1 amide bonds. The summed E-state index contributed by atoms with van der Waals surface area (Å²) in [6.07, 6.45) is 0. The molecule has 0 aromatic heterocycles. The first-order valence-corrected chi connectivity index (χ1v) is 7.37. The molecule has 2 aromatic carbocycles. The summed E-state index contributed by atoms with van der Waals surface area (Å²) in [4.78, 5) is 23.7. The van der Waals surface area contributed by atoms with Crippen LogP contribution in [0, 0.1) is 6.92 Å². The number of ether oxygens (including phenoxy) is 2. The first kappa shape index (κ1) is 17.3. The molecule has 0 bridgehead atoms. The Kier molecular flexibility index (Phi) is 5.78. The summed E-state index contributed by atoms with van der Waals surface area (Å²) in [5.74, 6) is -1.37. The van der Waals surface area contributed by atoms with E-state index in [0.717, 1.165) is 11.1 Å². The van der Waals surface area contributed by atoms with Gasteiger partial charge in [0.2, 0.25) is 0 Å². The van der Waals surface area contributed by atoms with E-state index < -0.39 is 18.5 Å². The molecule has 0 heterocycles. The van der Waals surface area contributed by atoms with Gasteiger partial charge in [-0.3, -0.25) is 4.79 Å². The van der Waals surface area contributed by atoms with E-state index in [2.05, 4.69) is 5.32 Å². The quantitative estimate of drug-likeness (QED) is 0.794. The molecule has 24 heavy (non-hydrogen) atoms. The van der Waals surface area contributed by atoms with Crippen molar-refractivity contribution in [1.29, 1.82) is 0 Å². The van der Waals surface area contributed by atoms with Gasteiger partial charge in [0.1, 0.15) is 5.56 Å². The van der Waals surface area contributed by atoms with Gasteiger partial charge >= 0.3 is 5.97 Å². The number of carbonyl (C=O) groups excluding carboxylic acids is 2. The summed E-state index contributed by atoms with van der Waals surface area (Å²) in [5.41, 5.74) is 2.00. The zero-order valence-corrected chi connectivity index (χ0v) is 13.5. The molecule has 6 nitrogen and oxygen atoms in total. The van der Waals surface area contributed by atoms with E-state index >= 15 is 0 Å². The second kappa shape index (κ2) is 8.01. The Morgan fingerprint density at radius 2 is 1.88 bits per heavy atom. The standard InChI is InChI=1S/C18H19NO5/c1-12-6-3-4-7-13(12)10-19-16(20)11-24-18(22)14-8-5-9-15(23-2)17(14)21/h3-9,21H,10-11H2,1-2H3,(H,19,20). The molecule has 0 unspecified atom stereocenters. The molecule has 0 aliphatic heterocycles. The topological polar surface area (TPSA) is 84.9 Å². The molecule has 2 aromatic rings. The molecule has 0 saturated carbocycles. The van der Waals surface area contributed by atoms with Crippen LogP contribution in [0.25, 0.3) is 0 Å². The third-order valence-electron chi connectivity index (χ3n) is 3.51. The zero-order valence-electron chi connectivity index (χ0n) is 13.5. The van der Waals surface area contributed by atoms with Crippen LogP contribution < -0.4 is 10.1 Å². The van der Waals surface area contributed by atoms with Gasteiger partial charge in [0.15, 0.2) is 18.1 Å². The SMILES string of the molecule is COc1cccc(C(=O)OCC(=O)NCc2ccccc2C)c1O. The molecular weight excluding hydrogens is 310 g/mol. The summed E-state index contributed by atoms with van der Waals surface area (Å²) in [5, 5.41) is 12.6. The number of esters is 1. The van der Waals surface area contributed by atoms with Gasteiger partial charge in [-0.25, -0.2) is 4.79 Å². The van der Waals surface area contributed by atoms with Crippen molar-refractivity contribution in [3.05, 3.63) is 59.2 Å². The summed E-state index contributed by atoms with van der Waals surface area (Å²) >= 11 is 0. The minimum absolute atomic E-state index is 0.0546. The lowest BCUT2D eigenvalue weighted by atomic mass is 10.1. The molecule has 126 valence electrons. The van der Waals surface area contributed by atoms with Gasteiger partial charge in [0, 0.05) is 6.54 Å². The van der Waals surface area contributed by atoms with Crippen LogP contribution in [0.5, 0.6) is 11.5 Å². The van der Waals surface area contributed by atoms with E-state index in [1.54, 1.807) is 6.07 Å². The monoisotopic (exact) mass is 329 g/mol. The molecule has 2 N–H and O–H groups in total. The third-order valence-corrected chi connectivity index (χ3v) is 3.51. The van der Waals surface area contributed by atoms with Crippen LogP contribution in [0.15, 0.2) is 42.5 Å². The maximum atomic E-state index is 11.9. The van der Waals surface area contributed by atoms with Gasteiger partial charge in [-0.15, -0.1) is 0 Å². The van der Waals surface area contributed by atoms with E-state index in [-0.39, 0.29) is 17.1 Å². The average molecular weight is 329 g/mol. The number of aryl methyl sites for hydroxylation is 1. The van der Waals surface area contributed by atoms with Crippen molar-refractivity contribution in [2.45, 2.75) is 13.5 Å². The number of phenols is 1. The van der Waals surface area contributed by atoms with Crippen molar-refractivity contribution in [3.63, 3.8) is 0 Å². The summed E-state index contributed by atoms with van der Waals surface area (Å²) < 4.78 is 9.85. The molecule has 0 fully saturated rings. The minimum Gasteiger partial charge on any atom is -0.504 e. The van der Waals surface area contributed by atoms with Crippen LogP contribution in [-0.4, -0.2) is 30.7 Å². The second-order valence-electron chi connectivity index (χ2n) is 5.14. The number of hydrogen-bond donors (Lipinski definition) is 2. The number of amides is 1. The van der Waals surface area contributed by atoms with E-state index in [1.165, 1.54) is 19.2 Å². The summed E-state index contributed by atoms with van der Waals surface area (Å²) in [6.45, 7) is 1.88. The Bertz CT molecular complexity index is 742. The maximum Gasteiger partial charge on any atom is 0.342 e. The predicted octanol–water partition coefficient (Wildman–Crippen LogP) is 2.18. The normalized spacial score (nSPS) is 10.1. The molecule has 0 aliphatic carbocycles. The second-order valence-corrected chi connectivity index (χ2v) is 5.14. The largest absolute Gasteiger partial charge is 0.504 e. The number of rotatable bonds is 6. The number of benzene rings is 2. The highest BCUT2D eigenvalue weighted by molar-refractivity contribution is 5.94. The van der Waals surface area contributed by atoms with E-state index in [4.69, 9.17) is 9.47 Å². The molecule has 0 saturated heterocycles. The molecule has 0 atom stereocenters. The van der Waals surface area contributed by atoms with Gasteiger partial charge in [0.05, 0.1) is 7.11 Å². The Labute approximate surface area is 140 Å². The van der Waals surface area contributed by atoms with E-state index in [9.17, 15) is 14.7 Å². The minimum atomic E-state index is -0.794. The lowest BCUT2D eigenvalue weighted by Gasteiger charge is -2.10. The lowest BCUT2D eigenvalue weighted by Crippen LogP contribution is -2.28. The molecule has 0 radical (unpaired) electrons. The predicted molar refractivity (Wildman–Crippen MR) is 88.0 cm³/mol. The van der Waals surface area contributed by atoms with Crippen molar-refractivity contribution in [2.24, 2.45) is 0 Å². The Morgan fingerprint density at radius 1 is 1.12 bits per heavy atom. The fourth-order valence-corrected chi connectivity index (χ4v) is 2.11. The molecular formula is C18H19NO5. The van der Waals surface area contributed by atoms with Gasteiger partial charge < -0.3 is 19.9 Å². The van der Waals surface area contributed by atoms with Crippen LogP contribution in [0.3, 0.4) is 0 Å². The maximum absolute atomic E-state index is 11.9. The first-order chi connectivity index (χ1) is 11.5. The zero-order chi connectivity index (χ0) is 17.5. The Hall–Kier alpha value is -3.02. The molecule has 6 heteroatoms. The van der Waals surface area contributed by atoms with E-state index in [1.807, 2.05) is 31.2 Å². The van der Waals surface area contributed by atoms with Gasteiger partial charge in [-0.05, 0) is 30.2 Å². The van der Waals surface area contributed by atoms with Crippen molar-refractivity contribution >= 4 is 11.9 Å². The Morgan fingerprint density at radius 3 is 2.58 bits per heavy atom. The highest BCUT2D eigenvalue weighted by atomic mass is 16.5. The fourth-order valence-electron chi connectivity index (χ4n) is 2.11. The van der Waals surface area contributed by atoms with Gasteiger partial charge in [-0.1, -0.05) is 30.3 Å². The first-order valence-electron chi connectivity index (χ1n) is 7.37. The average Bonchev–Trinajstić information content (AvgIpc) is 2.59. The van der Waals surface area contributed by atoms with Crippen LogP contribution in [0.4, 0.5) is 0 Å². The van der Waals surface area contributed by atoms with Crippen molar-refractivity contribution < 1.29 is 24.2 Å². The van der Waals surface area contributed by atoms with Crippen molar-refractivity contribution in [2.75, 3.05) is 13.7 Å². The number of phenolic OH excluding ortho intramolecular Hbond substituents is 1. The number of nitrogens with one attached hydrogen (secondary N) is 1. The number of hydrogen-bond acceptors (Lipinski definition) is 5. The van der Waals surface area contributed by atoms with Crippen LogP contribution in [-0.2, 0) is 16.1 Å². The Balaban J connectivity index is 1.88. The molecule has 0 aliphatic rings. The van der Waals surface area contributed by atoms with Gasteiger partial charge in [-0.2, -0.15) is 0 Å². The smallest absolute Gasteiger partial charge is 0.342 e. The number of para-hydroxylation sites is 1. The van der Waals surface area contributed by atoms with E-state index in [0.29, 0.717) is 6.54 Å². The number of methoxy groups -OCH3 is 1. The summed E-state index contributed by atoms with van der Waals surface area (Å²) in [6, 6.07) is 12.1. The molecule has 2 rings (SSSR count). The number of carbonyl (C=O) groups is 2. The van der Waals surface area contributed by atoms with Crippen LogP contribution in [0.2, 0.25) is 0 Å². The highest BCUT2D eigenvalue weighted by Gasteiger charge is 2.17. The lowest BCUT2D eigenvalue weighted by molar-refractivity contribution is -0.124. The van der Waals surface area contributed by atoms with Crippen LogP contribution in [0.1, 0.15) is 21.5 Å².